The van der Waals surface area contributed by atoms with E-state index in [0.717, 1.165) is 0 Å². The van der Waals surface area contributed by atoms with E-state index >= 15 is 0 Å². The number of rotatable bonds is 0. The van der Waals surface area contributed by atoms with Crippen LogP contribution >= 0.6 is 0 Å². The van der Waals surface area contributed by atoms with E-state index in [1.807, 2.05) is 0 Å². The molecule has 0 N–H and O–H groups in total. The standard InChI is InChI=1S/C10H16/c1-8-6-5-7-10(3,4)9(8)2/h5-7,9H,1-4H3. The van der Waals surface area contributed by atoms with Gasteiger partial charge in [0.2, 0.25) is 0 Å². The maximum absolute atomic E-state index is 2.29. The van der Waals surface area contributed by atoms with Crippen LogP contribution in [0.5, 0.6) is 0 Å². The van der Waals surface area contributed by atoms with Crippen molar-refractivity contribution in [3.63, 3.8) is 0 Å². The molecular formula is C10H16. The van der Waals surface area contributed by atoms with Gasteiger partial charge in [0.25, 0.3) is 0 Å². The van der Waals surface area contributed by atoms with Gasteiger partial charge in [0.1, 0.15) is 0 Å². The van der Waals surface area contributed by atoms with Crippen molar-refractivity contribution in [3.05, 3.63) is 24.5 Å². The summed E-state index contributed by atoms with van der Waals surface area (Å²) in [7, 11) is 0. The maximum Gasteiger partial charge on any atom is -0.00245 e. The summed E-state index contributed by atoms with van der Waals surface area (Å²) in [5, 5.41) is 0. The lowest BCUT2D eigenvalue weighted by Gasteiger charge is -2.36. The van der Waals surface area contributed by atoms with E-state index in [2.05, 4.69) is 46.3 Å². The highest BCUT2D eigenvalue weighted by molar-refractivity contribution is 5.24. The molecule has 0 amide bonds. The molecule has 1 aliphatic rings. The zero-order chi connectivity index (χ0) is 7.78. The lowest BCUT2D eigenvalue weighted by Crippen LogP contribution is -2.27. The van der Waals surface area contributed by atoms with Crippen molar-refractivity contribution in [1.82, 2.24) is 0 Å². The molecule has 0 nitrogen and oxygen atoms in total. The van der Waals surface area contributed by atoms with Crippen LogP contribution < -0.4 is 0 Å². The van der Waals surface area contributed by atoms with E-state index in [1.165, 1.54) is 5.92 Å². The van der Waals surface area contributed by atoms with Crippen molar-refractivity contribution in [2.45, 2.75) is 27.7 Å². The molecule has 2 radical (unpaired) electrons. The number of hydrogen-bond acceptors (Lipinski definition) is 0. The van der Waals surface area contributed by atoms with Crippen molar-refractivity contribution in [2.24, 2.45) is 11.3 Å². The first-order valence-electron chi connectivity index (χ1n) is 3.90. The quantitative estimate of drug-likeness (QED) is 0.480. The zero-order valence-corrected chi connectivity index (χ0v) is 7.31. The van der Waals surface area contributed by atoms with Crippen molar-refractivity contribution >= 4 is 0 Å². The first-order valence-corrected chi connectivity index (χ1v) is 3.90. The molecule has 56 valence electrons. The van der Waals surface area contributed by atoms with Crippen LogP contribution in [-0.4, -0.2) is 0 Å². The van der Waals surface area contributed by atoms with Gasteiger partial charge in [0, 0.05) is 0 Å². The highest BCUT2D eigenvalue weighted by Gasteiger charge is 2.30. The predicted molar refractivity (Wildman–Crippen MR) is 45.3 cm³/mol. The second kappa shape index (κ2) is 2.41. The van der Waals surface area contributed by atoms with E-state index in [4.69, 9.17) is 0 Å². The minimum absolute atomic E-state index is 0.360. The molecule has 0 aromatic heterocycles. The lowest BCUT2D eigenvalue weighted by molar-refractivity contribution is 0.301. The molecule has 1 atom stereocenters. The van der Waals surface area contributed by atoms with Crippen molar-refractivity contribution in [3.8, 4) is 0 Å². The van der Waals surface area contributed by atoms with Crippen molar-refractivity contribution in [2.75, 3.05) is 0 Å². The molecule has 0 saturated heterocycles. The van der Waals surface area contributed by atoms with E-state index in [0.29, 0.717) is 11.3 Å². The van der Waals surface area contributed by atoms with Crippen LogP contribution in [-0.2, 0) is 0 Å². The molecule has 0 aromatic carbocycles. The predicted octanol–water partition coefficient (Wildman–Crippen LogP) is 3.02. The van der Waals surface area contributed by atoms with Crippen LogP contribution in [0.25, 0.3) is 0 Å². The van der Waals surface area contributed by atoms with Crippen molar-refractivity contribution < 1.29 is 0 Å². The molecular weight excluding hydrogens is 120 g/mol. The average molecular weight is 136 g/mol. The van der Waals surface area contributed by atoms with E-state index in [9.17, 15) is 0 Å². The van der Waals surface area contributed by atoms with E-state index in [1.54, 1.807) is 0 Å². The van der Waals surface area contributed by atoms with Gasteiger partial charge < -0.3 is 0 Å². The first-order chi connectivity index (χ1) is 4.54. The van der Waals surface area contributed by atoms with Gasteiger partial charge >= 0.3 is 0 Å². The third kappa shape index (κ3) is 1.25. The molecule has 0 bridgehead atoms. The SMILES string of the molecule is C[C]1C=C[CH]C(C)(C)C1C. The highest BCUT2D eigenvalue weighted by Crippen LogP contribution is 2.39. The smallest absolute Gasteiger partial charge is 0.00245 e. The Morgan fingerprint density at radius 2 is 2.00 bits per heavy atom. The molecule has 0 spiro atoms. The van der Waals surface area contributed by atoms with Gasteiger partial charge in [0.15, 0.2) is 0 Å². The summed E-state index contributed by atoms with van der Waals surface area (Å²) in [5.41, 5.74) is 0.360. The summed E-state index contributed by atoms with van der Waals surface area (Å²) in [6.45, 7) is 9.06. The highest BCUT2D eigenvalue weighted by atomic mass is 14.3. The topological polar surface area (TPSA) is 0 Å². The number of allylic oxidation sites excluding steroid dienone is 2. The molecule has 1 rings (SSSR count). The minimum atomic E-state index is 0.360. The Morgan fingerprint density at radius 1 is 1.40 bits per heavy atom. The lowest BCUT2D eigenvalue weighted by atomic mass is 9.68. The van der Waals surface area contributed by atoms with Gasteiger partial charge in [-0.3, -0.25) is 0 Å². The van der Waals surface area contributed by atoms with Gasteiger partial charge in [-0.05, 0) is 23.7 Å². The molecule has 0 saturated carbocycles. The zero-order valence-electron chi connectivity index (χ0n) is 7.31. The average Bonchev–Trinajstić information content (AvgIpc) is 1.83. The summed E-state index contributed by atoms with van der Waals surface area (Å²) in [5.74, 6) is 2.19. The molecule has 0 aliphatic heterocycles. The molecule has 10 heavy (non-hydrogen) atoms. The van der Waals surface area contributed by atoms with Gasteiger partial charge in [-0.2, -0.15) is 0 Å². The summed E-state index contributed by atoms with van der Waals surface area (Å²) < 4.78 is 0. The number of hydrogen-bond donors (Lipinski definition) is 0. The minimum Gasteiger partial charge on any atom is -0.0837 e. The van der Waals surface area contributed by atoms with Crippen LogP contribution in [0, 0.1) is 23.7 Å². The van der Waals surface area contributed by atoms with Gasteiger partial charge in [0.05, 0.1) is 0 Å². The van der Waals surface area contributed by atoms with Crippen molar-refractivity contribution in [1.29, 1.82) is 0 Å². The maximum atomic E-state index is 2.29. The first kappa shape index (κ1) is 7.84. The fraction of sp³-hybridized carbons (Fsp3) is 0.600. The summed E-state index contributed by atoms with van der Waals surface area (Å²) in [6.07, 6.45) is 6.65. The second-order valence-corrected chi connectivity index (χ2v) is 3.81. The van der Waals surface area contributed by atoms with Gasteiger partial charge in [-0.1, -0.05) is 39.8 Å². The summed E-state index contributed by atoms with van der Waals surface area (Å²) in [4.78, 5) is 0. The van der Waals surface area contributed by atoms with Gasteiger partial charge in [-0.25, -0.2) is 0 Å². The van der Waals surface area contributed by atoms with Gasteiger partial charge in [-0.15, -0.1) is 0 Å². The van der Waals surface area contributed by atoms with E-state index < -0.39 is 0 Å². The molecule has 1 aliphatic carbocycles. The fourth-order valence-electron chi connectivity index (χ4n) is 1.32. The Balaban J connectivity index is 2.75. The Morgan fingerprint density at radius 3 is 2.40 bits per heavy atom. The second-order valence-electron chi connectivity index (χ2n) is 3.81. The molecule has 0 aromatic rings. The Hall–Kier alpha value is -0.260. The molecule has 0 fully saturated rings. The Labute approximate surface area is 64.3 Å². The largest absolute Gasteiger partial charge is 0.0837 e. The normalized spacial score (nSPS) is 32.6. The summed E-state index contributed by atoms with van der Waals surface area (Å²) >= 11 is 0. The summed E-state index contributed by atoms with van der Waals surface area (Å²) in [6, 6.07) is 0. The van der Waals surface area contributed by atoms with Crippen LogP contribution in [0.15, 0.2) is 12.2 Å². The Bertz CT molecular complexity index is 142. The van der Waals surface area contributed by atoms with Crippen LogP contribution in [0.4, 0.5) is 0 Å². The third-order valence-electron chi connectivity index (χ3n) is 2.68. The van der Waals surface area contributed by atoms with Crippen LogP contribution in [0.1, 0.15) is 27.7 Å². The monoisotopic (exact) mass is 136 g/mol. The fourth-order valence-corrected chi connectivity index (χ4v) is 1.32. The molecule has 0 heterocycles. The van der Waals surface area contributed by atoms with Crippen LogP contribution in [0.2, 0.25) is 0 Å². The van der Waals surface area contributed by atoms with E-state index in [-0.39, 0.29) is 0 Å². The third-order valence-corrected chi connectivity index (χ3v) is 2.68. The Kier molecular flexibility index (Phi) is 1.89. The van der Waals surface area contributed by atoms with Crippen LogP contribution in [0.3, 0.4) is 0 Å². The molecule has 1 unspecified atom stereocenters. The molecule has 0 heteroatoms.